The molecule has 3 fully saturated rings. The first-order chi connectivity index (χ1) is 15.7. The fourth-order valence-electron chi connectivity index (χ4n) is 7.05. The fourth-order valence-corrected chi connectivity index (χ4v) is 7.05. The number of aliphatic hydroxyl groups is 1. The van der Waals surface area contributed by atoms with Crippen LogP contribution in [-0.2, 0) is 9.59 Å². The van der Waals surface area contributed by atoms with Crippen molar-refractivity contribution in [2.75, 3.05) is 0 Å². The molecular weight excluding hydrogens is 423 g/mol. The number of nitrogens with one attached hydrogen (secondary N) is 2. The van der Waals surface area contributed by atoms with Crippen molar-refractivity contribution in [3.05, 3.63) is 11.3 Å². The maximum atomic E-state index is 14.2. The van der Waals surface area contributed by atoms with Gasteiger partial charge in [0.15, 0.2) is 0 Å². The molecule has 0 saturated heterocycles. The van der Waals surface area contributed by atoms with Gasteiger partial charge in [0, 0.05) is 11.7 Å². The second kappa shape index (κ2) is 9.93. The molecule has 0 radical (unpaired) electrons. The number of aliphatic hydroxyl groups excluding tert-OH is 1. The Morgan fingerprint density at radius 1 is 1.06 bits per heavy atom. The van der Waals surface area contributed by atoms with Crippen LogP contribution in [0.1, 0.15) is 78.6 Å². The van der Waals surface area contributed by atoms with E-state index in [-0.39, 0.29) is 41.5 Å². The van der Waals surface area contributed by atoms with Crippen LogP contribution >= 0.6 is 0 Å². The van der Waals surface area contributed by atoms with E-state index in [0.29, 0.717) is 38.0 Å². The lowest BCUT2D eigenvalue weighted by Gasteiger charge is -2.49. The van der Waals surface area contributed by atoms with Crippen molar-refractivity contribution in [3.63, 3.8) is 0 Å². The van der Waals surface area contributed by atoms with Gasteiger partial charge in [0.25, 0.3) is 0 Å². The van der Waals surface area contributed by atoms with E-state index in [1.165, 1.54) is 5.57 Å². The first kappa shape index (κ1) is 24.5. The third-order valence-corrected chi connectivity index (χ3v) is 8.81. The zero-order valence-electron chi connectivity index (χ0n) is 20.2. The van der Waals surface area contributed by atoms with E-state index in [0.717, 1.165) is 31.4 Å². The number of carboxylic acid groups (broad SMARTS) is 1. The Kier molecular flexibility index (Phi) is 7.37. The van der Waals surface area contributed by atoms with Gasteiger partial charge in [-0.25, -0.2) is 4.39 Å². The average Bonchev–Trinajstić information content (AvgIpc) is 3.23. The molecule has 0 aromatic carbocycles. The Hall–Kier alpha value is -1.63. The van der Waals surface area contributed by atoms with Gasteiger partial charge in [-0.3, -0.25) is 9.59 Å². The zero-order chi connectivity index (χ0) is 23.9. The lowest BCUT2D eigenvalue weighted by Crippen LogP contribution is -2.58. The molecule has 6 nitrogen and oxygen atoms in total. The molecule has 33 heavy (non-hydrogen) atoms. The number of amides is 1. The molecular formula is C26H41FN2O4. The highest BCUT2D eigenvalue weighted by atomic mass is 19.1. The highest BCUT2D eigenvalue weighted by Gasteiger charge is 2.48. The van der Waals surface area contributed by atoms with E-state index in [1.807, 2.05) is 6.92 Å². The van der Waals surface area contributed by atoms with E-state index >= 15 is 0 Å². The molecule has 3 aliphatic carbocycles. The summed E-state index contributed by atoms with van der Waals surface area (Å²) in [5.41, 5.74) is 2.52. The van der Waals surface area contributed by atoms with Crippen LogP contribution in [0, 0.1) is 35.5 Å². The minimum absolute atomic E-state index is 0.00123. The van der Waals surface area contributed by atoms with Crippen molar-refractivity contribution in [2.45, 2.75) is 103 Å². The fraction of sp³-hybridized carbons (Fsp3) is 0.846. The van der Waals surface area contributed by atoms with Crippen LogP contribution in [0.5, 0.6) is 0 Å². The van der Waals surface area contributed by atoms with Crippen LogP contribution in [0.3, 0.4) is 0 Å². The van der Waals surface area contributed by atoms with Crippen molar-refractivity contribution in [3.8, 4) is 0 Å². The summed E-state index contributed by atoms with van der Waals surface area (Å²) in [5, 5.41) is 26.5. The number of hydrogen-bond donors (Lipinski definition) is 4. The molecule has 7 heteroatoms. The molecule has 186 valence electrons. The number of rotatable bonds is 5. The summed E-state index contributed by atoms with van der Waals surface area (Å²) in [4.78, 5) is 24.8. The van der Waals surface area contributed by atoms with Crippen LogP contribution in [0.25, 0.3) is 0 Å². The number of hydrogen-bond acceptors (Lipinski definition) is 4. The Morgan fingerprint density at radius 3 is 2.45 bits per heavy atom. The number of aliphatic carboxylic acids is 1. The van der Waals surface area contributed by atoms with Crippen molar-refractivity contribution >= 4 is 11.9 Å². The van der Waals surface area contributed by atoms with E-state index in [4.69, 9.17) is 0 Å². The Bertz CT molecular complexity index is 784. The molecule has 0 spiro atoms. The molecule has 1 aliphatic heterocycles. The molecule has 4 aliphatic rings. The van der Waals surface area contributed by atoms with Gasteiger partial charge < -0.3 is 20.8 Å². The highest BCUT2D eigenvalue weighted by Crippen LogP contribution is 2.49. The molecule has 1 heterocycles. The van der Waals surface area contributed by atoms with Crippen molar-refractivity contribution in [1.82, 2.24) is 10.6 Å². The number of allylic oxidation sites excluding steroid dienone is 2. The minimum atomic E-state index is -0.787. The number of alkyl halides is 1. The molecule has 4 rings (SSSR count). The molecule has 1 amide bonds. The quantitative estimate of drug-likeness (QED) is 0.496. The second-order valence-electron chi connectivity index (χ2n) is 11.4. The molecule has 0 aromatic heterocycles. The topological polar surface area (TPSA) is 98.7 Å². The van der Waals surface area contributed by atoms with Crippen LogP contribution in [-0.4, -0.2) is 46.4 Å². The Labute approximate surface area is 196 Å². The van der Waals surface area contributed by atoms with Gasteiger partial charge in [0.2, 0.25) is 5.91 Å². The number of carboxylic acids is 1. The first-order valence-corrected chi connectivity index (χ1v) is 13.0. The monoisotopic (exact) mass is 464 g/mol. The number of carbonyl (C=O) groups excluding carboxylic acids is 1. The molecule has 9 unspecified atom stereocenters. The zero-order valence-corrected chi connectivity index (χ0v) is 20.2. The summed E-state index contributed by atoms with van der Waals surface area (Å²) >= 11 is 0. The van der Waals surface area contributed by atoms with Crippen LogP contribution in [0.2, 0.25) is 0 Å². The van der Waals surface area contributed by atoms with Crippen LogP contribution < -0.4 is 10.6 Å². The van der Waals surface area contributed by atoms with E-state index < -0.39 is 24.3 Å². The maximum Gasteiger partial charge on any atom is 0.306 e. The SMILES string of the molecule is CC(C)C1=C(C2CCC(F)C(C)C2)C2CCC(O)CC2C(C(=O)NC2CCC(C(=O)O)C2)N1. The smallest absolute Gasteiger partial charge is 0.306 e. The second-order valence-corrected chi connectivity index (χ2v) is 11.4. The molecule has 4 N–H and O–H groups in total. The maximum absolute atomic E-state index is 14.2. The van der Waals surface area contributed by atoms with Gasteiger partial charge in [-0.15, -0.1) is 0 Å². The van der Waals surface area contributed by atoms with Gasteiger partial charge in [-0.05, 0) is 93.0 Å². The van der Waals surface area contributed by atoms with Gasteiger partial charge in [0.1, 0.15) is 12.2 Å². The van der Waals surface area contributed by atoms with E-state index in [2.05, 4.69) is 24.5 Å². The normalized spacial score (nSPS) is 41.5. The molecule has 0 aromatic rings. The lowest BCUT2D eigenvalue weighted by molar-refractivity contribution is -0.141. The number of halogens is 1. The third kappa shape index (κ3) is 5.08. The average molecular weight is 465 g/mol. The van der Waals surface area contributed by atoms with Gasteiger partial charge in [-0.1, -0.05) is 20.8 Å². The van der Waals surface area contributed by atoms with Crippen molar-refractivity contribution in [1.29, 1.82) is 0 Å². The van der Waals surface area contributed by atoms with Gasteiger partial charge in [0.05, 0.1) is 12.0 Å². The summed E-state index contributed by atoms with van der Waals surface area (Å²) in [7, 11) is 0. The predicted octanol–water partition coefficient (Wildman–Crippen LogP) is 3.79. The summed E-state index contributed by atoms with van der Waals surface area (Å²) < 4.78 is 14.2. The largest absolute Gasteiger partial charge is 0.481 e. The van der Waals surface area contributed by atoms with Crippen molar-refractivity contribution in [2.24, 2.45) is 35.5 Å². The van der Waals surface area contributed by atoms with Crippen LogP contribution in [0.15, 0.2) is 11.3 Å². The highest BCUT2D eigenvalue weighted by molar-refractivity contribution is 5.83. The van der Waals surface area contributed by atoms with Crippen molar-refractivity contribution < 1.29 is 24.2 Å². The summed E-state index contributed by atoms with van der Waals surface area (Å²) in [6, 6.07) is -0.536. The predicted molar refractivity (Wildman–Crippen MR) is 124 cm³/mol. The Balaban J connectivity index is 1.58. The van der Waals surface area contributed by atoms with Gasteiger partial charge in [-0.2, -0.15) is 0 Å². The molecule has 0 bridgehead atoms. The summed E-state index contributed by atoms with van der Waals surface area (Å²) in [6.07, 6.45) is 5.09. The van der Waals surface area contributed by atoms with E-state index in [1.54, 1.807) is 0 Å². The first-order valence-electron chi connectivity index (χ1n) is 13.0. The molecule has 9 atom stereocenters. The third-order valence-electron chi connectivity index (χ3n) is 8.81. The Morgan fingerprint density at radius 2 is 1.82 bits per heavy atom. The minimum Gasteiger partial charge on any atom is -0.481 e. The summed E-state index contributed by atoms with van der Waals surface area (Å²) in [6.45, 7) is 6.30. The number of carbonyl (C=O) groups is 2. The number of fused-ring (bicyclic) bond motifs is 1. The van der Waals surface area contributed by atoms with Crippen LogP contribution in [0.4, 0.5) is 4.39 Å². The van der Waals surface area contributed by atoms with E-state index in [9.17, 15) is 24.2 Å². The standard InChI is InChI=1S/C26H41FN2O4/c1-13(2)23-22(15-5-9-21(27)14(3)10-15)19-8-7-18(30)12-20(19)24(29-23)25(31)28-17-6-4-16(11-17)26(32)33/h13-21,24,29-30H,4-12H2,1-3H3,(H,28,31)(H,32,33). The lowest BCUT2D eigenvalue weighted by atomic mass is 9.62. The van der Waals surface area contributed by atoms with Gasteiger partial charge >= 0.3 is 5.97 Å². The summed E-state index contributed by atoms with van der Waals surface area (Å²) in [5.74, 6) is -0.419. The molecule has 3 saturated carbocycles.